The fraction of sp³-hybridized carbons (Fsp3) is 0.190. The summed E-state index contributed by atoms with van der Waals surface area (Å²) in [7, 11) is 0. The highest BCUT2D eigenvalue weighted by Crippen LogP contribution is 2.34. The number of nitrogens with one attached hydrogen (secondary N) is 1. The molecule has 0 aliphatic rings. The minimum atomic E-state index is -0.556. The molecule has 0 bridgehead atoms. The first kappa shape index (κ1) is 17.6. The summed E-state index contributed by atoms with van der Waals surface area (Å²) in [6.07, 6.45) is 1.34. The number of hydrogen-bond donors (Lipinski definition) is 3. The predicted octanol–water partition coefficient (Wildman–Crippen LogP) is 4.57. The highest BCUT2D eigenvalue weighted by atomic mass is 16.3. The quantitative estimate of drug-likeness (QED) is 0.645. The van der Waals surface area contributed by atoms with Crippen LogP contribution in [0.15, 0.2) is 54.7 Å². The van der Waals surface area contributed by atoms with Crippen molar-refractivity contribution >= 4 is 11.6 Å². The van der Waals surface area contributed by atoms with Crippen molar-refractivity contribution in [3.05, 3.63) is 71.4 Å². The molecule has 5 nitrogen and oxygen atoms in total. The van der Waals surface area contributed by atoms with E-state index in [2.05, 4.69) is 5.32 Å². The van der Waals surface area contributed by atoms with E-state index in [4.69, 9.17) is 0 Å². The Balaban J connectivity index is 1.97. The Morgan fingerprint density at radius 1 is 1.08 bits per heavy atom. The van der Waals surface area contributed by atoms with Gasteiger partial charge in [-0.05, 0) is 42.2 Å². The lowest BCUT2D eigenvalue weighted by atomic mass is 10.0. The molecule has 1 heterocycles. The van der Waals surface area contributed by atoms with Gasteiger partial charge in [0.25, 0.3) is 5.91 Å². The van der Waals surface area contributed by atoms with Gasteiger partial charge in [-0.15, -0.1) is 0 Å². The second kappa shape index (κ2) is 6.96. The molecule has 0 atom stereocenters. The molecule has 0 radical (unpaired) electrons. The van der Waals surface area contributed by atoms with E-state index >= 15 is 0 Å². The second-order valence-electron chi connectivity index (χ2n) is 6.62. The van der Waals surface area contributed by atoms with Crippen LogP contribution in [0.2, 0.25) is 0 Å². The molecule has 0 saturated heterocycles. The highest BCUT2D eigenvalue weighted by molar-refractivity contribution is 6.08. The lowest BCUT2D eigenvalue weighted by Crippen LogP contribution is -2.13. The van der Waals surface area contributed by atoms with Crippen molar-refractivity contribution in [2.75, 3.05) is 5.32 Å². The zero-order valence-corrected chi connectivity index (χ0v) is 15.0. The average molecular weight is 350 g/mol. The standard InChI is InChI=1S/C21H22N2O3/c1-13(2)16-9-4-5-10-17(16)22-20(25)19-18(24)12-23(21(19)26)15-8-6-7-14(3)11-15/h4-13,24,26H,1-3H3,(H,22,25). The van der Waals surface area contributed by atoms with Crippen LogP contribution in [0.4, 0.5) is 5.69 Å². The number of para-hydroxylation sites is 1. The molecule has 0 aliphatic heterocycles. The Kier molecular flexibility index (Phi) is 4.71. The minimum absolute atomic E-state index is 0.148. The molecule has 2 aromatic carbocycles. The summed E-state index contributed by atoms with van der Waals surface area (Å²) in [5.74, 6) is -0.902. The number of nitrogens with zero attached hydrogens (tertiary/aromatic N) is 1. The maximum absolute atomic E-state index is 12.7. The third kappa shape index (κ3) is 3.28. The maximum atomic E-state index is 12.7. The molecule has 5 heteroatoms. The molecule has 0 unspecified atom stereocenters. The van der Waals surface area contributed by atoms with E-state index in [1.807, 2.05) is 57.2 Å². The summed E-state index contributed by atoms with van der Waals surface area (Å²) < 4.78 is 1.39. The molecule has 134 valence electrons. The summed E-state index contributed by atoms with van der Waals surface area (Å²) in [5.41, 5.74) is 3.17. The monoisotopic (exact) mass is 350 g/mol. The fourth-order valence-electron chi connectivity index (χ4n) is 2.97. The molecular formula is C21H22N2O3. The maximum Gasteiger partial charge on any atom is 0.264 e. The van der Waals surface area contributed by atoms with Gasteiger partial charge in [0.2, 0.25) is 5.88 Å². The van der Waals surface area contributed by atoms with Crippen LogP contribution in [0.3, 0.4) is 0 Å². The van der Waals surface area contributed by atoms with Crippen LogP contribution in [0.1, 0.15) is 41.3 Å². The zero-order valence-electron chi connectivity index (χ0n) is 15.0. The van der Waals surface area contributed by atoms with Crippen molar-refractivity contribution in [3.63, 3.8) is 0 Å². The smallest absolute Gasteiger partial charge is 0.264 e. The lowest BCUT2D eigenvalue weighted by molar-refractivity contribution is 0.102. The molecular weight excluding hydrogens is 328 g/mol. The van der Waals surface area contributed by atoms with Crippen molar-refractivity contribution in [1.29, 1.82) is 0 Å². The number of anilines is 1. The Bertz CT molecular complexity index is 958. The number of aromatic hydroxyl groups is 2. The fourth-order valence-corrected chi connectivity index (χ4v) is 2.97. The molecule has 1 aromatic heterocycles. The first-order valence-electron chi connectivity index (χ1n) is 8.49. The third-order valence-electron chi connectivity index (χ3n) is 4.30. The topological polar surface area (TPSA) is 74.5 Å². The van der Waals surface area contributed by atoms with Crippen LogP contribution in [0.5, 0.6) is 11.6 Å². The van der Waals surface area contributed by atoms with Crippen LogP contribution >= 0.6 is 0 Å². The molecule has 0 saturated carbocycles. The number of hydrogen-bond acceptors (Lipinski definition) is 3. The van der Waals surface area contributed by atoms with E-state index < -0.39 is 5.91 Å². The number of benzene rings is 2. The largest absolute Gasteiger partial charge is 0.505 e. The van der Waals surface area contributed by atoms with Gasteiger partial charge < -0.3 is 15.5 Å². The van der Waals surface area contributed by atoms with Gasteiger partial charge in [0, 0.05) is 11.4 Å². The van der Waals surface area contributed by atoms with E-state index in [1.54, 1.807) is 12.1 Å². The molecule has 0 aliphatic carbocycles. The van der Waals surface area contributed by atoms with Gasteiger partial charge in [-0.3, -0.25) is 9.36 Å². The Morgan fingerprint density at radius 2 is 1.81 bits per heavy atom. The summed E-state index contributed by atoms with van der Waals surface area (Å²) >= 11 is 0. The molecule has 1 amide bonds. The number of carbonyl (C=O) groups excluding carboxylic acids is 1. The third-order valence-corrected chi connectivity index (χ3v) is 4.30. The number of rotatable bonds is 4. The first-order valence-corrected chi connectivity index (χ1v) is 8.49. The molecule has 26 heavy (non-hydrogen) atoms. The second-order valence-corrected chi connectivity index (χ2v) is 6.62. The van der Waals surface area contributed by atoms with E-state index in [0.29, 0.717) is 11.4 Å². The van der Waals surface area contributed by atoms with Gasteiger partial charge in [-0.2, -0.15) is 0 Å². The lowest BCUT2D eigenvalue weighted by Gasteiger charge is -2.13. The Labute approximate surface area is 152 Å². The molecule has 3 aromatic rings. The van der Waals surface area contributed by atoms with Gasteiger partial charge in [0.05, 0.1) is 6.20 Å². The van der Waals surface area contributed by atoms with Gasteiger partial charge in [0.1, 0.15) is 11.3 Å². The van der Waals surface area contributed by atoms with Gasteiger partial charge in [-0.1, -0.05) is 44.2 Å². The summed E-state index contributed by atoms with van der Waals surface area (Å²) in [4.78, 5) is 12.7. The first-order chi connectivity index (χ1) is 12.4. The van der Waals surface area contributed by atoms with E-state index in [-0.39, 0.29) is 23.1 Å². The molecule has 0 spiro atoms. The van der Waals surface area contributed by atoms with Crippen molar-refractivity contribution in [2.24, 2.45) is 0 Å². The Morgan fingerprint density at radius 3 is 2.50 bits per heavy atom. The highest BCUT2D eigenvalue weighted by Gasteiger charge is 2.23. The molecule has 3 rings (SSSR count). The number of carbonyl (C=O) groups is 1. The van der Waals surface area contributed by atoms with Crippen molar-refractivity contribution in [2.45, 2.75) is 26.7 Å². The van der Waals surface area contributed by atoms with Gasteiger partial charge in [0.15, 0.2) is 0 Å². The summed E-state index contributed by atoms with van der Waals surface area (Å²) in [5, 5.41) is 23.5. The number of aromatic nitrogens is 1. The number of aryl methyl sites for hydroxylation is 1. The van der Waals surface area contributed by atoms with Crippen LogP contribution in [-0.4, -0.2) is 20.7 Å². The average Bonchev–Trinajstić information content (AvgIpc) is 2.89. The normalized spacial score (nSPS) is 10.9. The summed E-state index contributed by atoms with van der Waals surface area (Å²) in [6.45, 7) is 6.00. The van der Waals surface area contributed by atoms with E-state index in [0.717, 1.165) is 11.1 Å². The molecule has 0 fully saturated rings. The minimum Gasteiger partial charge on any atom is -0.505 e. The summed E-state index contributed by atoms with van der Waals surface area (Å²) in [6, 6.07) is 14.9. The zero-order chi connectivity index (χ0) is 18.8. The van der Waals surface area contributed by atoms with Crippen LogP contribution < -0.4 is 5.32 Å². The van der Waals surface area contributed by atoms with Crippen LogP contribution in [-0.2, 0) is 0 Å². The number of amides is 1. The SMILES string of the molecule is Cc1cccc(-n2cc(O)c(C(=O)Nc3ccccc3C(C)C)c2O)c1. The van der Waals surface area contributed by atoms with Crippen molar-refractivity contribution < 1.29 is 15.0 Å². The van der Waals surface area contributed by atoms with E-state index in [9.17, 15) is 15.0 Å². The van der Waals surface area contributed by atoms with Gasteiger partial charge in [-0.25, -0.2) is 0 Å². The molecule has 3 N–H and O–H groups in total. The van der Waals surface area contributed by atoms with Crippen molar-refractivity contribution in [1.82, 2.24) is 4.57 Å². The van der Waals surface area contributed by atoms with Crippen LogP contribution in [0, 0.1) is 6.92 Å². The van der Waals surface area contributed by atoms with Crippen LogP contribution in [0.25, 0.3) is 5.69 Å². The van der Waals surface area contributed by atoms with Gasteiger partial charge >= 0.3 is 0 Å². The van der Waals surface area contributed by atoms with E-state index in [1.165, 1.54) is 10.8 Å². The predicted molar refractivity (Wildman–Crippen MR) is 102 cm³/mol. The van der Waals surface area contributed by atoms with Crippen molar-refractivity contribution in [3.8, 4) is 17.3 Å². The Hall–Kier alpha value is -3.21.